The standard InChI is InChI=1S/C13H23N3O/c1-4-13(5-2,17-3)12(16-14)10-11-6-8-15-9-7-11/h6-9,12,16H,4-5,10,14H2,1-3H3. The molecule has 1 rings (SSSR count). The normalized spacial score (nSPS) is 13.6. The predicted octanol–water partition coefficient (Wildman–Crippen LogP) is 1.66. The van der Waals surface area contributed by atoms with Crippen LogP contribution in [0.4, 0.5) is 0 Å². The third kappa shape index (κ3) is 3.25. The number of rotatable bonds is 7. The highest BCUT2D eigenvalue weighted by Gasteiger charge is 2.35. The second-order valence-corrected chi connectivity index (χ2v) is 4.25. The largest absolute Gasteiger partial charge is 0.377 e. The summed E-state index contributed by atoms with van der Waals surface area (Å²) in [7, 11) is 1.75. The van der Waals surface area contributed by atoms with E-state index in [2.05, 4.69) is 24.3 Å². The average Bonchev–Trinajstić information content (AvgIpc) is 2.41. The van der Waals surface area contributed by atoms with Crippen molar-refractivity contribution in [3.05, 3.63) is 30.1 Å². The molecular formula is C13H23N3O. The maximum Gasteiger partial charge on any atom is 0.0842 e. The van der Waals surface area contributed by atoms with Gasteiger partial charge in [-0.3, -0.25) is 16.3 Å². The highest BCUT2D eigenvalue weighted by Crippen LogP contribution is 2.26. The molecule has 0 saturated carbocycles. The Hall–Kier alpha value is -0.970. The van der Waals surface area contributed by atoms with Crippen molar-refractivity contribution in [3.8, 4) is 0 Å². The van der Waals surface area contributed by atoms with Crippen LogP contribution in [0, 0.1) is 0 Å². The fourth-order valence-corrected chi connectivity index (χ4v) is 2.33. The fourth-order valence-electron chi connectivity index (χ4n) is 2.33. The summed E-state index contributed by atoms with van der Waals surface area (Å²) in [6, 6.07) is 4.12. The first-order valence-electron chi connectivity index (χ1n) is 6.12. The van der Waals surface area contributed by atoms with E-state index in [1.807, 2.05) is 12.1 Å². The topological polar surface area (TPSA) is 60.2 Å². The molecule has 0 saturated heterocycles. The van der Waals surface area contributed by atoms with Gasteiger partial charge in [-0.2, -0.15) is 0 Å². The lowest BCUT2D eigenvalue weighted by Crippen LogP contribution is -2.55. The highest BCUT2D eigenvalue weighted by molar-refractivity contribution is 5.13. The summed E-state index contributed by atoms with van der Waals surface area (Å²) >= 11 is 0. The van der Waals surface area contributed by atoms with Gasteiger partial charge in [-0.25, -0.2) is 0 Å². The molecule has 0 spiro atoms. The van der Waals surface area contributed by atoms with E-state index in [1.165, 1.54) is 5.56 Å². The van der Waals surface area contributed by atoms with Crippen molar-refractivity contribution >= 4 is 0 Å². The third-order valence-electron chi connectivity index (χ3n) is 3.63. The molecule has 0 radical (unpaired) electrons. The smallest absolute Gasteiger partial charge is 0.0842 e. The van der Waals surface area contributed by atoms with Crippen LogP contribution >= 0.6 is 0 Å². The first kappa shape index (κ1) is 14.1. The van der Waals surface area contributed by atoms with E-state index in [0.29, 0.717) is 0 Å². The molecule has 0 amide bonds. The van der Waals surface area contributed by atoms with Crippen molar-refractivity contribution in [1.29, 1.82) is 0 Å². The molecule has 0 fully saturated rings. The predicted molar refractivity (Wildman–Crippen MR) is 69.4 cm³/mol. The van der Waals surface area contributed by atoms with Gasteiger partial charge in [-0.05, 0) is 37.0 Å². The molecule has 3 N–H and O–H groups in total. The van der Waals surface area contributed by atoms with Crippen LogP contribution in [0.1, 0.15) is 32.3 Å². The van der Waals surface area contributed by atoms with Gasteiger partial charge in [0, 0.05) is 19.5 Å². The van der Waals surface area contributed by atoms with Crippen LogP contribution in [0.2, 0.25) is 0 Å². The molecular weight excluding hydrogens is 214 g/mol. The van der Waals surface area contributed by atoms with Gasteiger partial charge in [0.25, 0.3) is 0 Å². The number of hydrogen-bond donors (Lipinski definition) is 2. The molecule has 1 aromatic heterocycles. The monoisotopic (exact) mass is 237 g/mol. The number of aromatic nitrogens is 1. The Kier molecular flexibility index (Phi) is 5.55. The van der Waals surface area contributed by atoms with Crippen LogP contribution in [0.15, 0.2) is 24.5 Å². The minimum atomic E-state index is -0.210. The molecule has 4 nitrogen and oxygen atoms in total. The lowest BCUT2D eigenvalue weighted by molar-refractivity contribution is -0.0473. The summed E-state index contributed by atoms with van der Waals surface area (Å²) in [5.41, 5.74) is 3.90. The fraction of sp³-hybridized carbons (Fsp3) is 0.615. The van der Waals surface area contributed by atoms with E-state index in [4.69, 9.17) is 10.6 Å². The Labute approximate surface area is 104 Å². The quantitative estimate of drug-likeness (QED) is 0.559. The Balaban J connectivity index is 2.83. The first-order valence-corrected chi connectivity index (χ1v) is 6.12. The van der Waals surface area contributed by atoms with Gasteiger partial charge in [0.15, 0.2) is 0 Å². The van der Waals surface area contributed by atoms with Crippen molar-refractivity contribution in [1.82, 2.24) is 10.4 Å². The number of pyridine rings is 1. The van der Waals surface area contributed by atoms with E-state index in [0.717, 1.165) is 19.3 Å². The van der Waals surface area contributed by atoms with Crippen LogP contribution in [-0.2, 0) is 11.2 Å². The molecule has 1 atom stereocenters. The molecule has 0 aromatic carbocycles. The zero-order valence-electron chi connectivity index (χ0n) is 10.9. The molecule has 1 heterocycles. The molecule has 96 valence electrons. The Morgan fingerprint density at radius 3 is 2.35 bits per heavy atom. The minimum Gasteiger partial charge on any atom is -0.377 e. The first-order chi connectivity index (χ1) is 8.22. The number of nitrogens with one attached hydrogen (secondary N) is 1. The van der Waals surface area contributed by atoms with Gasteiger partial charge in [-0.15, -0.1) is 0 Å². The minimum absolute atomic E-state index is 0.102. The Morgan fingerprint density at radius 1 is 1.35 bits per heavy atom. The van der Waals surface area contributed by atoms with Crippen molar-refractivity contribution in [2.75, 3.05) is 7.11 Å². The van der Waals surface area contributed by atoms with Crippen LogP contribution in [-0.4, -0.2) is 23.7 Å². The maximum absolute atomic E-state index is 5.70. The average molecular weight is 237 g/mol. The number of methoxy groups -OCH3 is 1. The van der Waals surface area contributed by atoms with Crippen LogP contribution < -0.4 is 11.3 Å². The molecule has 17 heavy (non-hydrogen) atoms. The van der Waals surface area contributed by atoms with Gasteiger partial charge < -0.3 is 4.74 Å². The van der Waals surface area contributed by atoms with Crippen molar-refractivity contribution in [2.45, 2.75) is 44.8 Å². The van der Waals surface area contributed by atoms with Crippen molar-refractivity contribution in [2.24, 2.45) is 5.84 Å². The number of hydrogen-bond acceptors (Lipinski definition) is 4. The molecule has 1 aromatic rings. The summed E-state index contributed by atoms with van der Waals surface area (Å²) in [6.45, 7) is 4.26. The summed E-state index contributed by atoms with van der Waals surface area (Å²) in [6.07, 6.45) is 6.30. The van der Waals surface area contributed by atoms with Gasteiger partial charge in [0.1, 0.15) is 0 Å². The molecule has 0 aliphatic carbocycles. The van der Waals surface area contributed by atoms with Crippen LogP contribution in [0.3, 0.4) is 0 Å². The van der Waals surface area contributed by atoms with Gasteiger partial charge in [0.2, 0.25) is 0 Å². The lowest BCUT2D eigenvalue weighted by Gasteiger charge is -2.38. The molecule has 4 heteroatoms. The number of nitrogens with zero attached hydrogens (tertiary/aromatic N) is 1. The number of ether oxygens (including phenoxy) is 1. The zero-order chi connectivity index (χ0) is 12.7. The molecule has 0 bridgehead atoms. The van der Waals surface area contributed by atoms with E-state index < -0.39 is 0 Å². The van der Waals surface area contributed by atoms with Gasteiger partial charge in [0.05, 0.1) is 11.6 Å². The highest BCUT2D eigenvalue weighted by atomic mass is 16.5. The number of hydrazine groups is 1. The van der Waals surface area contributed by atoms with Crippen molar-refractivity contribution in [3.63, 3.8) is 0 Å². The Morgan fingerprint density at radius 2 is 1.94 bits per heavy atom. The summed E-state index contributed by atoms with van der Waals surface area (Å²) in [5.74, 6) is 5.69. The second-order valence-electron chi connectivity index (χ2n) is 4.25. The molecule has 0 aliphatic heterocycles. The third-order valence-corrected chi connectivity index (χ3v) is 3.63. The van der Waals surface area contributed by atoms with E-state index in [-0.39, 0.29) is 11.6 Å². The summed E-state index contributed by atoms with van der Waals surface area (Å²) in [4.78, 5) is 4.02. The van der Waals surface area contributed by atoms with Crippen LogP contribution in [0.25, 0.3) is 0 Å². The van der Waals surface area contributed by atoms with Crippen molar-refractivity contribution < 1.29 is 4.74 Å². The summed E-state index contributed by atoms with van der Waals surface area (Å²) in [5, 5.41) is 0. The van der Waals surface area contributed by atoms with Gasteiger partial charge >= 0.3 is 0 Å². The number of nitrogens with two attached hydrogens (primary N) is 1. The van der Waals surface area contributed by atoms with E-state index >= 15 is 0 Å². The summed E-state index contributed by atoms with van der Waals surface area (Å²) < 4.78 is 5.70. The van der Waals surface area contributed by atoms with E-state index in [1.54, 1.807) is 19.5 Å². The van der Waals surface area contributed by atoms with E-state index in [9.17, 15) is 0 Å². The molecule has 0 aliphatic rings. The lowest BCUT2D eigenvalue weighted by atomic mass is 9.85. The van der Waals surface area contributed by atoms with Gasteiger partial charge in [-0.1, -0.05) is 13.8 Å². The maximum atomic E-state index is 5.70. The zero-order valence-corrected chi connectivity index (χ0v) is 10.9. The SMILES string of the molecule is CCC(CC)(OC)C(Cc1ccncc1)NN. The van der Waals surface area contributed by atoms with Crippen LogP contribution in [0.5, 0.6) is 0 Å². The Bertz CT molecular complexity index is 303. The molecule has 1 unspecified atom stereocenters. The second kappa shape index (κ2) is 6.69.